The largest absolute Gasteiger partial charge is 0.310 e. The maximum atomic E-state index is 12.4. The lowest BCUT2D eigenvalue weighted by Gasteiger charge is -2.11. The van der Waals surface area contributed by atoms with Crippen molar-refractivity contribution in [2.24, 2.45) is 5.92 Å². The fourth-order valence-corrected chi connectivity index (χ4v) is 3.91. The first-order valence-corrected chi connectivity index (χ1v) is 8.73. The van der Waals surface area contributed by atoms with Gasteiger partial charge in [-0.3, -0.25) is 4.79 Å². The Morgan fingerprint density at radius 3 is 2.88 bits per heavy atom. The third-order valence-electron chi connectivity index (χ3n) is 4.84. The fourth-order valence-electron chi connectivity index (χ4n) is 3.60. The molecule has 0 spiro atoms. The number of benzene rings is 1. The van der Waals surface area contributed by atoms with Gasteiger partial charge in [-0.25, -0.2) is 9.67 Å². The van der Waals surface area contributed by atoms with Gasteiger partial charge in [0.15, 0.2) is 5.65 Å². The normalized spacial score (nSPS) is 15.4. The van der Waals surface area contributed by atoms with Crippen molar-refractivity contribution in [3.05, 3.63) is 51.2 Å². The summed E-state index contributed by atoms with van der Waals surface area (Å²) in [6.07, 6.45) is 7.35. The van der Waals surface area contributed by atoms with Gasteiger partial charge in [-0.2, -0.15) is 5.10 Å². The molecule has 1 aliphatic rings. The molecule has 6 heteroatoms. The number of H-pyrrole nitrogens is 1. The number of aromatic amines is 1. The Labute approximate surface area is 144 Å². The van der Waals surface area contributed by atoms with Gasteiger partial charge >= 0.3 is 0 Å². The quantitative estimate of drug-likeness (QED) is 0.787. The number of nitrogens with one attached hydrogen (secondary N) is 1. The van der Waals surface area contributed by atoms with E-state index < -0.39 is 0 Å². The van der Waals surface area contributed by atoms with E-state index in [2.05, 4.69) is 10.1 Å². The van der Waals surface area contributed by atoms with Crippen molar-refractivity contribution < 1.29 is 0 Å². The van der Waals surface area contributed by atoms with Gasteiger partial charge in [0.25, 0.3) is 5.56 Å². The topological polar surface area (TPSA) is 63.6 Å². The molecule has 0 bridgehead atoms. The van der Waals surface area contributed by atoms with Gasteiger partial charge in [-0.15, -0.1) is 0 Å². The van der Waals surface area contributed by atoms with Gasteiger partial charge < -0.3 is 4.98 Å². The number of aromatic nitrogens is 4. The van der Waals surface area contributed by atoms with E-state index in [1.165, 1.54) is 25.7 Å². The molecule has 0 amide bonds. The zero-order chi connectivity index (χ0) is 16.7. The molecule has 5 nitrogen and oxygen atoms in total. The van der Waals surface area contributed by atoms with Crippen LogP contribution in [-0.2, 0) is 6.42 Å². The van der Waals surface area contributed by atoms with Crippen LogP contribution in [0.3, 0.4) is 0 Å². The molecule has 1 N–H and O–H groups in total. The van der Waals surface area contributed by atoms with Crippen LogP contribution in [0.5, 0.6) is 0 Å². The number of para-hydroxylation sites is 1. The highest BCUT2D eigenvalue weighted by Crippen LogP contribution is 2.28. The van der Waals surface area contributed by atoms with Crippen LogP contribution < -0.4 is 5.56 Å². The number of aryl methyl sites for hydroxylation is 1. The summed E-state index contributed by atoms with van der Waals surface area (Å²) in [6.45, 7) is 1.97. The minimum absolute atomic E-state index is 0.135. The number of nitrogens with zero attached hydrogens (tertiary/aromatic N) is 3. The van der Waals surface area contributed by atoms with Crippen molar-refractivity contribution in [1.82, 2.24) is 19.7 Å². The molecular formula is C18H19ClN4O. The SMILES string of the molecule is Cc1cccc(Cl)c1-n1ncc2c(=O)[nH]c(CC3CCCC3)nc21. The molecule has 2 aromatic heterocycles. The molecule has 3 aromatic rings. The summed E-state index contributed by atoms with van der Waals surface area (Å²) in [6, 6.07) is 5.70. The summed E-state index contributed by atoms with van der Waals surface area (Å²) in [7, 11) is 0. The third-order valence-corrected chi connectivity index (χ3v) is 5.15. The molecule has 0 atom stereocenters. The van der Waals surface area contributed by atoms with Gasteiger partial charge in [-0.05, 0) is 24.5 Å². The Hall–Kier alpha value is -2.14. The molecule has 4 rings (SSSR count). The lowest BCUT2D eigenvalue weighted by molar-refractivity contribution is 0.530. The van der Waals surface area contributed by atoms with E-state index in [0.29, 0.717) is 22.0 Å². The molecule has 0 unspecified atom stereocenters. The van der Waals surface area contributed by atoms with Crippen LogP contribution in [0.2, 0.25) is 5.02 Å². The number of hydrogen-bond acceptors (Lipinski definition) is 3. The first-order valence-electron chi connectivity index (χ1n) is 8.36. The minimum atomic E-state index is -0.135. The highest BCUT2D eigenvalue weighted by Gasteiger charge is 2.19. The highest BCUT2D eigenvalue weighted by atomic mass is 35.5. The predicted molar refractivity (Wildman–Crippen MR) is 94.9 cm³/mol. The molecule has 0 aliphatic heterocycles. The average Bonchev–Trinajstić information content (AvgIpc) is 3.18. The molecule has 1 aliphatic carbocycles. The summed E-state index contributed by atoms with van der Waals surface area (Å²) in [5, 5.41) is 5.46. The minimum Gasteiger partial charge on any atom is -0.310 e. The van der Waals surface area contributed by atoms with Crippen molar-refractivity contribution in [2.75, 3.05) is 0 Å². The molecule has 0 radical (unpaired) electrons. The molecule has 24 heavy (non-hydrogen) atoms. The molecule has 124 valence electrons. The Morgan fingerprint density at radius 1 is 1.33 bits per heavy atom. The van der Waals surface area contributed by atoms with Gasteiger partial charge in [0.2, 0.25) is 0 Å². The van der Waals surface area contributed by atoms with Crippen molar-refractivity contribution in [3.63, 3.8) is 0 Å². The number of rotatable bonds is 3. The lowest BCUT2D eigenvalue weighted by Crippen LogP contribution is -2.15. The first kappa shape index (κ1) is 15.4. The van der Waals surface area contributed by atoms with E-state index in [9.17, 15) is 4.79 Å². The van der Waals surface area contributed by atoms with E-state index in [4.69, 9.17) is 16.6 Å². The molecule has 1 fully saturated rings. The Bertz CT molecular complexity index is 933. The van der Waals surface area contributed by atoms with Crippen LogP contribution in [0.1, 0.15) is 37.1 Å². The lowest BCUT2D eigenvalue weighted by atomic mass is 10.0. The monoisotopic (exact) mass is 342 g/mol. The van der Waals surface area contributed by atoms with Crippen LogP contribution in [-0.4, -0.2) is 19.7 Å². The van der Waals surface area contributed by atoms with Gasteiger partial charge in [0.1, 0.15) is 11.2 Å². The Morgan fingerprint density at radius 2 is 2.12 bits per heavy atom. The average molecular weight is 343 g/mol. The van der Waals surface area contributed by atoms with Crippen molar-refractivity contribution in [2.45, 2.75) is 39.0 Å². The smallest absolute Gasteiger partial charge is 0.262 e. The van der Waals surface area contributed by atoms with Crippen LogP contribution in [0.4, 0.5) is 0 Å². The van der Waals surface area contributed by atoms with Crippen LogP contribution in [0, 0.1) is 12.8 Å². The summed E-state index contributed by atoms with van der Waals surface area (Å²) in [5.41, 5.74) is 2.21. The third kappa shape index (κ3) is 2.63. The van der Waals surface area contributed by atoms with E-state index in [0.717, 1.165) is 23.5 Å². The molecule has 0 saturated heterocycles. The molecular weight excluding hydrogens is 324 g/mol. The highest BCUT2D eigenvalue weighted by molar-refractivity contribution is 6.32. The number of fused-ring (bicyclic) bond motifs is 1. The van der Waals surface area contributed by atoms with Crippen LogP contribution >= 0.6 is 11.6 Å². The molecule has 2 heterocycles. The molecule has 1 aromatic carbocycles. The zero-order valence-corrected chi connectivity index (χ0v) is 14.3. The summed E-state index contributed by atoms with van der Waals surface area (Å²) in [4.78, 5) is 20.0. The Kier molecular flexibility index (Phi) is 3.88. The molecule has 1 saturated carbocycles. The predicted octanol–water partition coefficient (Wildman–Crippen LogP) is 3.80. The van der Waals surface area contributed by atoms with Crippen LogP contribution in [0.25, 0.3) is 16.7 Å². The maximum Gasteiger partial charge on any atom is 0.262 e. The van der Waals surface area contributed by atoms with E-state index in [1.807, 2.05) is 25.1 Å². The van der Waals surface area contributed by atoms with Gasteiger partial charge in [-0.1, -0.05) is 49.4 Å². The summed E-state index contributed by atoms with van der Waals surface area (Å²) >= 11 is 6.36. The van der Waals surface area contributed by atoms with Crippen molar-refractivity contribution in [1.29, 1.82) is 0 Å². The second kappa shape index (κ2) is 6.06. The van der Waals surface area contributed by atoms with E-state index in [1.54, 1.807) is 10.9 Å². The van der Waals surface area contributed by atoms with Crippen LogP contribution in [0.15, 0.2) is 29.2 Å². The second-order valence-corrected chi connectivity index (χ2v) is 6.97. The van der Waals surface area contributed by atoms with Gasteiger partial charge in [0.05, 0.1) is 16.9 Å². The fraction of sp³-hybridized carbons (Fsp3) is 0.389. The van der Waals surface area contributed by atoms with Gasteiger partial charge in [0, 0.05) is 6.42 Å². The number of halogens is 1. The summed E-state index contributed by atoms with van der Waals surface area (Å²) < 4.78 is 1.68. The second-order valence-electron chi connectivity index (χ2n) is 6.57. The first-order chi connectivity index (χ1) is 11.6. The zero-order valence-electron chi connectivity index (χ0n) is 13.6. The van der Waals surface area contributed by atoms with E-state index >= 15 is 0 Å². The maximum absolute atomic E-state index is 12.4. The standard InChI is InChI=1S/C18H19ClN4O/c1-11-5-4-8-14(19)16(11)23-17-13(10-20-23)18(24)22-15(21-17)9-12-6-2-3-7-12/h4-5,8,10,12H,2-3,6-7,9H2,1H3,(H,21,22,24). The Balaban J connectivity index is 1.85. The van der Waals surface area contributed by atoms with E-state index in [-0.39, 0.29) is 5.56 Å². The summed E-state index contributed by atoms with van der Waals surface area (Å²) in [5.74, 6) is 1.36. The van der Waals surface area contributed by atoms with Crippen molar-refractivity contribution >= 4 is 22.6 Å². The number of hydrogen-bond donors (Lipinski definition) is 1. The van der Waals surface area contributed by atoms with Crippen molar-refractivity contribution in [3.8, 4) is 5.69 Å².